The summed E-state index contributed by atoms with van der Waals surface area (Å²) in [5, 5.41) is 13.5. The first kappa shape index (κ1) is 17.8. The summed E-state index contributed by atoms with van der Waals surface area (Å²) in [7, 11) is 3.13. The highest BCUT2D eigenvalue weighted by atomic mass is 16.5. The number of aromatic nitrogens is 2. The largest absolute Gasteiger partial charge is 0.493 e. The minimum atomic E-state index is -0.227. The predicted octanol–water partition coefficient (Wildman–Crippen LogP) is 2.24. The molecule has 1 atom stereocenters. The second-order valence-electron chi connectivity index (χ2n) is 5.87. The minimum Gasteiger partial charge on any atom is -0.493 e. The summed E-state index contributed by atoms with van der Waals surface area (Å²) in [4.78, 5) is 8.81. The summed E-state index contributed by atoms with van der Waals surface area (Å²) in [5.41, 5.74) is 7.84. The molecule has 0 spiro atoms. The van der Waals surface area contributed by atoms with E-state index in [1.807, 2.05) is 30.3 Å². The van der Waals surface area contributed by atoms with Crippen LogP contribution in [0.5, 0.6) is 11.5 Å². The van der Waals surface area contributed by atoms with Crippen molar-refractivity contribution in [3.8, 4) is 11.5 Å². The fourth-order valence-electron chi connectivity index (χ4n) is 2.79. The summed E-state index contributed by atoms with van der Waals surface area (Å²) in [5.74, 6) is 1.81. The van der Waals surface area contributed by atoms with Crippen LogP contribution in [-0.4, -0.2) is 41.9 Å². The van der Waals surface area contributed by atoms with Crippen LogP contribution >= 0.6 is 0 Å². The van der Waals surface area contributed by atoms with Gasteiger partial charge in [0.25, 0.3) is 0 Å². The molecule has 1 heterocycles. The zero-order valence-corrected chi connectivity index (χ0v) is 14.8. The molecule has 0 amide bonds. The number of nitrogens with two attached hydrogens (primary N) is 1. The fourth-order valence-corrected chi connectivity index (χ4v) is 2.79. The van der Waals surface area contributed by atoms with Gasteiger partial charge >= 0.3 is 0 Å². The Morgan fingerprint density at radius 3 is 2.42 bits per heavy atom. The zero-order valence-electron chi connectivity index (χ0n) is 14.8. The number of fused-ring (bicyclic) bond motifs is 1. The van der Waals surface area contributed by atoms with Crippen LogP contribution in [0.25, 0.3) is 10.9 Å². The molecule has 0 bridgehead atoms. The number of nitrogen functional groups attached to an aromatic ring is 1. The lowest BCUT2D eigenvalue weighted by Crippen LogP contribution is -2.27. The van der Waals surface area contributed by atoms with Crippen LogP contribution in [0.3, 0.4) is 0 Å². The van der Waals surface area contributed by atoms with Gasteiger partial charge in [0.1, 0.15) is 5.82 Å². The van der Waals surface area contributed by atoms with Crippen molar-refractivity contribution in [2.75, 3.05) is 31.9 Å². The second kappa shape index (κ2) is 7.88. The molecule has 1 unspecified atom stereocenters. The van der Waals surface area contributed by atoms with Crippen LogP contribution in [0, 0.1) is 0 Å². The van der Waals surface area contributed by atoms with Gasteiger partial charge < -0.3 is 25.6 Å². The van der Waals surface area contributed by atoms with Crippen LogP contribution in [0.15, 0.2) is 42.5 Å². The van der Waals surface area contributed by atoms with Gasteiger partial charge in [-0.05, 0) is 18.1 Å². The minimum absolute atomic E-state index is 0.0534. The van der Waals surface area contributed by atoms with E-state index in [1.54, 1.807) is 26.4 Å². The van der Waals surface area contributed by atoms with Crippen molar-refractivity contribution in [1.29, 1.82) is 0 Å². The Labute approximate surface area is 151 Å². The molecule has 0 radical (unpaired) electrons. The fraction of sp³-hybridized carbons (Fsp3) is 0.263. The van der Waals surface area contributed by atoms with Crippen LogP contribution in [-0.2, 0) is 6.42 Å². The van der Waals surface area contributed by atoms with Crippen molar-refractivity contribution < 1.29 is 14.6 Å². The van der Waals surface area contributed by atoms with Crippen LogP contribution in [0.1, 0.15) is 5.56 Å². The number of ether oxygens (including phenoxy) is 2. The lowest BCUT2D eigenvalue weighted by molar-refractivity contribution is 0.273. The van der Waals surface area contributed by atoms with Gasteiger partial charge in [0.15, 0.2) is 11.5 Å². The molecule has 0 fully saturated rings. The molecule has 0 aliphatic heterocycles. The zero-order chi connectivity index (χ0) is 18.5. The summed E-state index contributed by atoms with van der Waals surface area (Å²) in [6, 6.07) is 13.2. The molecule has 0 saturated heterocycles. The molecule has 0 aliphatic carbocycles. The first-order valence-electron chi connectivity index (χ1n) is 8.25. The lowest BCUT2D eigenvalue weighted by atomic mass is 10.1. The summed E-state index contributed by atoms with van der Waals surface area (Å²) in [6.45, 7) is -0.0534. The number of methoxy groups -OCH3 is 2. The molecular weight excluding hydrogens is 332 g/mol. The average Bonchev–Trinajstić information content (AvgIpc) is 2.67. The highest BCUT2D eigenvalue weighted by molar-refractivity contribution is 5.91. The van der Waals surface area contributed by atoms with E-state index in [-0.39, 0.29) is 12.6 Å². The van der Waals surface area contributed by atoms with E-state index in [4.69, 9.17) is 15.2 Å². The van der Waals surface area contributed by atoms with E-state index in [2.05, 4.69) is 15.3 Å². The molecule has 4 N–H and O–H groups in total. The summed E-state index contributed by atoms with van der Waals surface area (Å²) < 4.78 is 10.6. The van der Waals surface area contributed by atoms with Crippen LogP contribution in [0.4, 0.5) is 11.8 Å². The van der Waals surface area contributed by atoms with Crippen molar-refractivity contribution in [2.45, 2.75) is 12.5 Å². The molecule has 2 aromatic carbocycles. The number of nitrogens with zero attached hydrogens (tertiary/aromatic N) is 2. The van der Waals surface area contributed by atoms with Gasteiger partial charge in [-0.1, -0.05) is 30.3 Å². The highest BCUT2D eigenvalue weighted by Crippen LogP contribution is 2.33. The average molecular weight is 354 g/mol. The number of nitrogens with one attached hydrogen (secondary N) is 1. The topological polar surface area (TPSA) is 103 Å². The third kappa shape index (κ3) is 3.78. The number of benzene rings is 2. The highest BCUT2D eigenvalue weighted by Gasteiger charge is 2.14. The lowest BCUT2D eigenvalue weighted by Gasteiger charge is -2.17. The van der Waals surface area contributed by atoms with Gasteiger partial charge in [-0.25, -0.2) is 4.98 Å². The van der Waals surface area contributed by atoms with E-state index in [0.29, 0.717) is 40.6 Å². The van der Waals surface area contributed by atoms with Crippen molar-refractivity contribution in [3.63, 3.8) is 0 Å². The van der Waals surface area contributed by atoms with Crippen molar-refractivity contribution in [2.24, 2.45) is 0 Å². The van der Waals surface area contributed by atoms with Gasteiger partial charge in [-0.15, -0.1) is 0 Å². The molecule has 7 heteroatoms. The second-order valence-corrected chi connectivity index (χ2v) is 5.87. The number of hydrogen-bond donors (Lipinski definition) is 3. The van der Waals surface area contributed by atoms with Crippen molar-refractivity contribution in [1.82, 2.24) is 9.97 Å². The standard InChI is InChI=1S/C19H22N4O3/c1-25-16-9-14-15(10-17(16)26-2)22-19(23-18(14)20)21-13(11-24)8-12-6-4-3-5-7-12/h3-7,9-10,13,24H,8,11H2,1-2H3,(H3,20,21,22,23). The smallest absolute Gasteiger partial charge is 0.225 e. The quantitative estimate of drug-likeness (QED) is 0.598. The molecule has 1 aromatic heterocycles. The van der Waals surface area contributed by atoms with E-state index in [1.165, 1.54) is 0 Å². The predicted molar refractivity (Wildman–Crippen MR) is 102 cm³/mol. The molecular formula is C19H22N4O3. The van der Waals surface area contributed by atoms with Gasteiger partial charge in [-0.3, -0.25) is 0 Å². The number of rotatable bonds is 7. The van der Waals surface area contributed by atoms with Gasteiger partial charge in [0.05, 0.1) is 32.4 Å². The van der Waals surface area contributed by atoms with Crippen molar-refractivity contribution >= 4 is 22.7 Å². The first-order chi connectivity index (χ1) is 12.6. The van der Waals surface area contributed by atoms with Gasteiger partial charge in [0.2, 0.25) is 5.95 Å². The number of hydrogen-bond acceptors (Lipinski definition) is 7. The molecule has 136 valence electrons. The number of aliphatic hydroxyl groups is 1. The van der Waals surface area contributed by atoms with E-state index >= 15 is 0 Å². The molecule has 0 aliphatic rings. The summed E-state index contributed by atoms with van der Waals surface area (Å²) in [6.07, 6.45) is 0.643. The SMILES string of the molecule is COc1cc2nc(NC(CO)Cc3ccccc3)nc(N)c2cc1OC. The number of anilines is 2. The van der Waals surface area contributed by atoms with Crippen molar-refractivity contribution in [3.05, 3.63) is 48.0 Å². The Hall–Kier alpha value is -3.06. The van der Waals surface area contributed by atoms with Gasteiger partial charge in [-0.2, -0.15) is 4.98 Å². The Morgan fingerprint density at radius 2 is 1.77 bits per heavy atom. The maximum Gasteiger partial charge on any atom is 0.225 e. The molecule has 3 aromatic rings. The Kier molecular flexibility index (Phi) is 5.38. The van der Waals surface area contributed by atoms with Gasteiger partial charge in [0, 0.05) is 11.5 Å². The molecule has 0 saturated carbocycles. The Morgan fingerprint density at radius 1 is 1.08 bits per heavy atom. The van der Waals surface area contributed by atoms with Crippen LogP contribution < -0.4 is 20.5 Å². The Balaban J connectivity index is 1.89. The monoisotopic (exact) mass is 354 g/mol. The molecule has 3 rings (SSSR count). The third-order valence-corrected chi connectivity index (χ3v) is 4.11. The Bertz CT molecular complexity index is 887. The van der Waals surface area contributed by atoms with Crippen LogP contribution in [0.2, 0.25) is 0 Å². The maximum atomic E-state index is 9.70. The maximum absolute atomic E-state index is 9.70. The molecule has 7 nitrogen and oxygen atoms in total. The summed E-state index contributed by atoms with van der Waals surface area (Å²) >= 11 is 0. The third-order valence-electron chi connectivity index (χ3n) is 4.11. The van der Waals surface area contributed by atoms with E-state index in [0.717, 1.165) is 5.56 Å². The van der Waals surface area contributed by atoms with E-state index < -0.39 is 0 Å². The molecule has 26 heavy (non-hydrogen) atoms. The first-order valence-corrected chi connectivity index (χ1v) is 8.25. The normalized spacial score (nSPS) is 12.0. The van der Waals surface area contributed by atoms with E-state index in [9.17, 15) is 5.11 Å². The number of aliphatic hydroxyl groups excluding tert-OH is 1.